The smallest absolute Gasteiger partial charge is 0.191 e. The van der Waals surface area contributed by atoms with Crippen LogP contribution < -0.4 is 10.6 Å². The number of imidazole rings is 1. The Kier molecular flexibility index (Phi) is 6.98. The summed E-state index contributed by atoms with van der Waals surface area (Å²) in [6, 6.07) is 10.4. The number of nitrogens with zero attached hydrogens (tertiary/aromatic N) is 4. The molecule has 0 unspecified atom stereocenters. The van der Waals surface area contributed by atoms with Crippen LogP contribution in [-0.2, 0) is 25.9 Å². The van der Waals surface area contributed by atoms with Crippen molar-refractivity contribution >= 4 is 17.3 Å². The first-order valence-electron chi connectivity index (χ1n) is 9.20. The van der Waals surface area contributed by atoms with Gasteiger partial charge in [-0.25, -0.2) is 9.97 Å². The maximum absolute atomic E-state index is 4.47. The largest absolute Gasteiger partial charge is 0.356 e. The molecule has 0 aliphatic rings. The molecular formula is C20H26N6S. The first-order valence-corrected chi connectivity index (χ1v) is 10.0. The highest BCUT2D eigenvalue weighted by molar-refractivity contribution is 7.11. The lowest BCUT2D eigenvalue weighted by molar-refractivity contribution is 0.687. The molecule has 3 aromatic rings. The summed E-state index contributed by atoms with van der Waals surface area (Å²) < 4.78 is 2.15. The third kappa shape index (κ3) is 5.65. The molecule has 0 spiro atoms. The topological polar surface area (TPSA) is 67.1 Å². The summed E-state index contributed by atoms with van der Waals surface area (Å²) >= 11 is 1.78. The Labute approximate surface area is 164 Å². The van der Waals surface area contributed by atoms with Crippen molar-refractivity contribution in [1.82, 2.24) is 25.2 Å². The van der Waals surface area contributed by atoms with E-state index in [0.29, 0.717) is 6.54 Å². The van der Waals surface area contributed by atoms with Gasteiger partial charge in [0.1, 0.15) is 5.82 Å². The van der Waals surface area contributed by atoms with Crippen LogP contribution in [0.2, 0.25) is 0 Å². The van der Waals surface area contributed by atoms with Crippen molar-refractivity contribution in [3.05, 3.63) is 70.2 Å². The summed E-state index contributed by atoms with van der Waals surface area (Å²) in [6.45, 7) is 4.39. The molecule has 0 atom stereocenters. The van der Waals surface area contributed by atoms with Crippen LogP contribution in [-0.4, -0.2) is 34.1 Å². The Morgan fingerprint density at radius 1 is 1.19 bits per heavy atom. The minimum absolute atomic E-state index is 0.622. The third-order valence-corrected chi connectivity index (χ3v) is 5.42. The van der Waals surface area contributed by atoms with Gasteiger partial charge in [0.2, 0.25) is 0 Å². The van der Waals surface area contributed by atoms with Crippen molar-refractivity contribution in [2.45, 2.75) is 32.9 Å². The van der Waals surface area contributed by atoms with Crippen molar-refractivity contribution in [2.24, 2.45) is 4.99 Å². The summed E-state index contributed by atoms with van der Waals surface area (Å²) in [6.07, 6.45) is 7.76. The number of benzene rings is 1. The normalized spacial score (nSPS) is 11.6. The molecule has 2 heterocycles. The lowest BCUT2D eigenvalue weighted by Crippen LogP contribution is -2.38. The highest BCUT2D eigenvalue weighted by Gasteiger charge is 2.06. The Bertz CT molecular complexity index is 852. The van der Waals surface area contributed by atoms with Gasteiger partial charge in [0.15, 0.2) is 5.96 Å². The van der Waals surface area contributed by atoms with Gasteiger partial charge in [-0.1, -0.05) is 37.3 Å². The molecule has 27 heavy (non-hydrogen) atoms. The molecule has 1 aromatic carbocycles. The molecule has 6 nitrogen and oxygen atoms in total. The van der Waals surface area contributed by atoms with Crippen LogP contribution in [0.25, 0.3) is 0 Å². The minimum Gasteiger partial charge on any atom is -0.356 e. The van der Waals surface area contributed by atoms with Crippen molar-refractivity contribution in [3.8, 4) is 0 Å². The predicted molar refractivity (Wildman–Crippen MR) is 111 cm³/mol. The van der Waals surface area contributed by atoms with Crippen molar-refractivity contribution in [1.29, 1.82) is 0 Å². The van der Waals surface area contributed by atoms with E-state index in [1.165, 1.54) is 10.4 Å². The second-order valence-corrected chi connectivity index (χ2v) is 7.33. The van der Waals surface area contributed by atoms with Gasteiger partial charge in [-0.2, -0.15) is 0 Å². The number of aromatic nitrogens is 3. The Balaban J connectivity index is 1.47. The second kappa shape index (κ2) is 9.87. The molecule has 0 fully saturated rings. The molecule has 7 heteroatoms. The number of nitrogens with one attached hydrogen (secondary N) is 2. The molecule has 0 amide bonds. The van der Waals surface area contributed by atoms with E-state index in [-0.39, 0.29) is 0 Å². The molecular weight excluding hydrogens is 356 g/mol. The molecule has 0 saturated heterocycles. The summed E-state index contributed by atoms with van der Waals surface area (Å²) in [5, 5.41) is 7.84. The SMILES string of the molecule is CCc1cnc(CCNC(=NC)NCc2nccn2Cc2ccccc2)s1. The van der Waals surface area contributed by atoms with Gasteiger partial charge in [0.05, 0.1) is 11.6 Å². The van der Waals surface area contributed by atoms with E-state index in [0.717, 1.165) is 42.7 Å². The van der Waals surface area contributed by atoms with Crippen LogP contribution in [0, 0.1) is 0 Å². The van der Waals surface area contributed by atoms with E-state index in [1.807, 2.05) is 24.7 Å². The number of thiazole rings is 1. The van der Waals surface area contributed by atoms with Crippen LogP contribution in [0.1, 0.15) is 28.2 Å². The summed E-state index contributed by atoms with van der Waals surface area (Å²) in [5.74, 6) is 1.76. The summed E-state index contributed by atoms with van der Waals surface area (Å²) in [4.78, 5) is 14.5. The van der Waals surface area contributed by atoms with E-state index < -0.39 is 0 Å². The van der Waals surface area contributed by atoms with Crippen molar-refractivity contribution in [3.63, 3.8) is 0 Å². The van der Waals surface area contributed by atoms with E-state index in [9.17, 15) is 0 Å². The zero-order chi connectivity index (χ0) is 18.9. The van der Waals surface area contributed by atoms with Gasteiger partial charge < -0.3 is 15.2 Å². The Morgan fingerprint density at radius 3 is 2.78 bits per heavy atom. The second-order valence-electron chi connectivity index (χ2n) is 6.13. The van der Waals surface area contributed by atoms with Gasteiger partial charge in [-0.05, 0) is 12.0 Å². The first-order chi connectivity index (χ1) is 13.3. The fourth-order valence-electron chi connectivity index (χ4n) is 2.73. The van der Waals surface area contributed by atoms with E-state index in [1.54, 1.807) is 18.4 Å². The Morgan fingerprint density at radius 2 is 2.04 bits per heavy atom. The van der Waals surface area contributed by atoms with Gasteiger partial charge in [-0.3, -0.25) is 4.99 Å². The average molecular weight is 383 g/mol. The number of hydrogen-bond acceptors (Lipinski definition) is 4. The molecule has 0 aliphatic carbocycles. The molecule has 142 valence electrons. The maximum Gasteiger partial charge on any atom is 0.191 e. The number of rotatable bonds is 8. The monoisotopic (exact) mass is 382 g/mol. The van der Waals surface area contributed by atoms with Crippen LogP contribution in [0.15, 0.2) is 53.9 Å². The van der Waals surface area contributed by atoms with Gasteiger partial charge in [0, 0.05) is 50.0 Å². The number of guanidine groups is 1. The van der Waals surface area contributed by atoms with Gasteiger partial charge >= 0.3 is 0 Å². The third-order valence-electron chi connectivity index (χ3n) is 4.22. The predicted octanol–water partition coefficient (Wildman–Crippen LogP) is 2.86. The lowest BCUT2D eigenvalue weighted by atomic mass is 10.2. The van der Waals surface area contributed by atoms with Gasteiger partial charge in [-0.15, -0.1) is 11.3 Å². The quantitative estimate of drug-likeness (QED) is 0.464. The molecule has 0 aliphatic heterocycles. The van der Waals surface area contributed by atoms with Gasteiger partial charge in [0.25, 0.3) is 0 Å². The van der Waals surface area contributed by atoms with Crippen LogP contribution in [0.4, 0.5) is 0 Å². The standard InChI is InChI=1S/C20H26N6S/c1-3-17-13-24-19(27-17)9-10-23-20(21-2)25-14-18-22-11-12-26(18)15-16-7-5-4-6-8-16/h4-8,11-13H,3,9-10,14-15H2,1-2H3,(H2,21,23,25). The zero-order valence-corrected chi connectivity index (χ0v) is 16.7. The lowest BCUT2D eigenvalue weighted by Gasteiger charge is -2.12. The number of hydrogen-bond donors (Lipinski definition) is 2. The van der Waals surface area contributed by atoms with Crippen LogP contribution in [0.3, 0.4) is 0 Å². The maximum atomic E-state index is 4.47. The van der Waals surface area contributed by atoms with E-state index in [4.69, 9.17) is 0 Å². The highest BCUT2D eigenvalue weighted by Crippen LogP contribution is 2.13. The van der Waals surface area contributed by atoms with Crippen LogP contribution >= 0.6 is 11.3 Å². The van der Waals surface area contributed by atoms with E-state index in [2.05, 4.69) is 61.4 Å². The molecule has 2 aromatic heterocycles. The van der Waals surface area contributed by atoms with Crippen LogP contribution in [0.5, 0.6) is 0 Å². The molecule has 0 bridgehead atoms. The molecule has 0 saturated carbocycles. The molecule has 0 radical (unpaired) electrons. The number of aryl methyl sites for hydroxylation is 1. The Hall–Kier alpha value is -2.67. The number of aliphatic imine (C=N–C) groups is 1. The fourth-order valence-corrected chi connectivity index (χ4v) is 3.59. The van der Waals surface area contributed by atoms with Crippen molar-refractivity contribution < 1.29 is 0 Å². The fraction of sp³-hybridized carbons (Fsp3) is 0.350. The zero-order valence-electron chi connectivity index (χ0n) is 15.9. The van der Waals surface area contributed by atoms with Crippen molar-refractivity contribution in [2.75, 3.05) is 13.6 Å². The molecule has 3 rings (SSSR count). The highest BCUT2D eigenvalue weighted by atomic mass is 32.1. The summed E-state index contributed by atoms with van der Waals surface area (Å²) in [7, 11) is 1.78. The summed E-state index contributed by atoms with van der Waals surface area (Å²) in [5.41, 5.74) is 1.26. The minimum atomic E-state index is 0.622. The van der Waals surface area contributed by atoms with E-state index >= 15 is 0 Å². The molecule has 2 N–H and O–H groups in total. The first kappa shape index (κ1) is 19.1. The average Bonchev–Trinajstić information content (AvgIpc) is 3.34.